The third-order valence-corrected chi connectivity index (χ3v) is 8.14. The van der Waals surface area contributed by atoms with Gasteiger partial charge in [0.2, 0.25) is 0 Å². The second kappa shape index (κ2) is 6.77. The zero-order valence-corrected chi connectivity index (χ0v) is 18.0. The summed E-state index contributed by atoms with van der Waals surface area (Å²) in [5.74, 6) is 1.62. The number of anilines is 1. The first-order chi connectivity index (χ1) is 12.8. The summed E-state index contributed by atoms with van der Waals surface area (Å²) in [7, 11) is 1.72. The van der Waals surface area contributed by atoms with Gasteiger partial charge in [-0.2, -0.15) is 0 Å². The van der Waals surface area contributed by atoms with E-state index in [2.05, 4.69) is 75.5 Å². The van der Waals surface area contributed by atoms with Crippen LogP contribution in [0.25, 0.3) is 0 Å². The van der Waals surface area contributed by atoms with Crippen molar-refractivity contribution in [2.75, 3.05) is 12.4 Å². The maximum absolute atomic E-state index is 5.30. The molecule has 1 aliphatic carbocycles. The molecule has 0 bridgehead atoms. The molecule has 1 heterocycles. The second-order valence-corrected chi connectivity index (χ2v) is 10.7. The quantitative estimate of drug-likeness (QED) is 0.662. The van der Waals surface area contributed by atoms with Crippen LogP contribution >= 0.6 is 11.8 Å². The second-order valence-electron chi connectivity index (χ2n) is 9.05. The number of methoxy groups -OCH3 is 1. The fraction of sp³-hybridized carbons (Fsp3) is 0.500. The first-order valence-electron chi connectivity index (χ1n) is 10.0. The van der Waals surface area contributed by atoms with E-state index in [4.69, 9.17) is 4.74 Å². The monoisotopic (exact) mass is 381 g/mol. The van der Waals surface area contributed by atoms with E-state index in [1.807, 2.05) is 11.8 Å². The number of ether oxygens (including phenoxy) is 1. The molecule has 0 aromatic heterocycles. The van der Waals surface area contributed by atoms with Crippen molar-refractivity contribution in [3.05, 3.63) is 53.6 Å². The van der Waals surface area contributed by atoms with E-state index in [0.717, 1.165) is 5.75 Å². The Labute approximate surface area is 168 Å². The topological polar surface area (TPSA) is 21.3 Å². The molecular formula is C24H31NOS. The molecule has 2 aliphatic rings. The fourth-order valence-electron chi connectivity index (χ4n) is 5.19. The summed E-state index contributed by atoms with van der Waals surface area (Å²) in [6, 6.07) is 15.8. The number of hydrogen-bond acceptors (Lipinski definition) is 3. The summed E-state index contributed by atoms with van der Waals surface area (Å²) in [4.78, 5) is 1.34. The van der Waals surface area contributed by atoms with Gasteiger partial charge in [0, 0.05) is 21.4 Å². The third-order valence-electron chi connectivity index (χ3n) is 6.77. The highest BCUT2D eigenvalue weighted by Gasteiger charge is 2.48. The number of thioether (sulfide) groups is 1. The van der Waals surface area contributed by atoms with Crippen molar-refractivity contribution in [2.24, 2.45) is 5.92 Å². The molecule has 3 heteroatoms. The summed E-state index contributed by atoms with van der Waals surface area (Å²) in [6.07, 6.45) is 3.74. The minimum atomic E-state index is 0.226. The van der Waals surface area contributed by atoms with E-state index < -0.39 is 0 Å². The van der Waals surface area contributed by atoms with Crippen molar-refractivity contribution in [1.82, 2.24) is 0 Å². The standard InChI is InChI=1S/C24H31NOS/c1-16-7-6-8-20-22(16)25-21-15-24(4,14-13-19(21)23(20,2)3)27-18-11-9-17(26-5)10-12-18/h6-12,19,21,25H,13-15H2,1-5H3/t19-,21+,24+/m1/s1. The maximum atomic E-state index is 5.30. The van der Waals surface area contributed by atoms with Gasteiger partial charge in [0.05, 0.1) is 7.11 Å². The Hall–Kier alpha value is -1.61. The van der Waals surface area contributed by atoms with Crippen molar-refractivity contribution in [2.45, 2.75) is 68.1 Å². The summed E-state index contributed by atoms with van der Waals surface area (Å²) in [6.45, 7) is 9.57. The molecule has 1 saturated carbocycles. The van der Waals surface area contributed by atoms with E-state index in [9.17, 15) is 0 Å². The number of benzene rings is 2. The van der Waals surface area contributed by atoms with E-state index in [0.29, 0.717) is 12.0 Å². The number of nitrogens with one attached hydrogen (secondary N) is 1. The lowest BCUT2D eigenvalue weighted by atomic mass is 9.61. The molecule has 3 atom stereocenters. The van der Waals surface area contributed by atoms with Crippen LogP contribution in [0.15, 0.2) is 47.4 Å². The molecule has 4 rings (SSSR count). The van der Waals surface area contributed by atoms with Gasteiger partial charge in [0.25, 0.3) is 0 Å². The molecule has 144 valence electrons. The summed E-state index contributed by atoms with van der Waals surface area (Å²) >= 11 is 2.03. The minimum absolute atomic E-state index is 0.226. The molecule has 27 heavy (non-hydrogen) atoms. The highest BCUT2D eigenvalue weighted by Crippen LogP contribution is 2.54. The summed E-state index contributed by atoms with van der Waals surface area (Å²) in [5, 5.41) is 3.95. The van der Waals surface area contributed by atoms with E-state index >= 15 is 0 Å². The summed E-state index contributed by atoms with van der Waals surface area (Å²) < 4.78 is 5.57. The molecule has 0 amide bonds. The predicted octanol–water partition coefficient (Wildman–Crippen LogP) is 6.43. The number of fused-ring (bicyclic) bond motifs is 2. The zero-order valence-electron chi connectivity index (χ0n) is 17.1. The van der Waals surface area contributed by atoms with Gasteiger partial charge in [0.1, 0.15) is 5.75 Å². The molecule has 0 unspecified atom stereocenters. The Morgan fingerprint density at radius 1 is 1.07 bits per heavy atom. The SMILES string of the molecule is COc1ccc(S[C@@]2(C)CC[C@@H]3[C@H](C2)Nc2c(C)cccc2C3(C)C)cc1. The van der Waals surface area contributed by atoms with Crippen LogP contribution in [-0.2, 0) is 5.41 Å². The zero-order chi connectivity index (χ0) is 19.2. The van der Waals surface area contributed by atoms with Gasteiger partial charge in [-0.1, -0.05) is 39.0 Å². The molecule has 1 fully saturated rings. The van der Waals surface area contributed by atoms with Crippen LogP contribution in [0.4, 0.5) is 5.69 Å². The fourth-order valence-corrected chi connectivity index (χ4v) is 6.51. The molecule has 2 aromatic carbocycles. The molecule has 1 aliphatic heterocycles. The lowest BCUT2D eigenvalue weighted by Gasteiger charge is -2.53. The molecule has 0 spiro atoms. The lowest BCUT2D eigenvalue weighted by molar-refractivity contribution is 0.186. The summed E-state index contributed by atoms with van der Waals surface area (Å²) in [5.41, 5.74) is 4.47. The number of para-hydroxylation sites is 1. The Balaban J connectivity index is 1.58. The van der Waals surface area contributed by atoms with Gasteiger partial charge in [-0.05, 0) is 72.9 Å². The normalized spacial score (nSPS) is 28.6. The highest BCUT2D eigenvalue weighted by molar-refractivity contribution is 8.00. The van der Waals surface area contributed by atoms with Crippen LogP contribution in [0.5, 0.6) is 5.75 Å². The van der Waals surface area contributed by atoms with Crippen molar-refractivity contribution in [1.29, 1.82) is 0 Å². The van der Waals surface area contributed by atoms with Crippen LogP contribution in [0.3, 0.4) is 0 Å². The minimum Gasteiger partial charge on any atom is -0.497 e. The van der Waals surface area contributed by atoms with Gasteiger partial charge in [-0.15, -0.1) is 11.8 Å². The molecule has 2 nitrogen and oxygen atoms in total. The number of hydrogen-bond donors (Lipinski definition) is 1. The molecule has 0 saturated heterocycles. The van der Waals surface area contributed by atoms with E-state index in [1.54, 1.807) is 7.11 Å². The average Bonchev–Trinajstić information content (AvgIpc) is 2.63. The van der Waals surface area contributed by atoms with Crippen LogP contribution in [0, 0.1) is 12.8 Å². The van der Waals surface area contributed by atoms with Crippen molar-refractivity contribution in [3.63, 3.8) is 0 Å². The first-order valence-corrected chi connectivity index (χ1v) is 10.8. The lowest BCUT2D eigenvalue weighted by Crippen LogP contribution is -2.52. The van der Waals surface area contributed by atoms with Gasteiger partial charge in [-0.3, -0.25) is 0 Å². The van der Waals surface area contributed by atoms with Gasteiger partial charge >= 0.3 is 0 Å². The number of rotatable bonds is 3. The Morgan fingerprint density at radius 2 is 1.81 bits per heavy atom. The van der Waals surface area contributed by atoms with Gasteiger partial charge in [0.15, 0.2) is 0 Å². The maximum Gasteiger partial charge on any atom is 0.118 e. The molecule has 0 radical (unpaired) electrons. The third kappa shape index (κ3) is 3.35. The Bertz CT molecular complexity index is 829. The average molecular weight is 382 g/mol. The van der Waals surface area contributed by atoms with E-state index in [1.165, 1.54) is 41.0 Å². The van der Waals surface area contributed by atoms with Crippen molar-refractivity contribution >= 4 is 17.4 Å². The highest BCUT2D eigenvalue weighted by atomic mass is 32.2. The smallest absolute Gasteiger partial charge is 0.118 e. The first kappa shape index (κ1) is 18.7. The number of aryl methyl sites for hydroxylation is 1. The molecule has 2 aromatic rings. The Morgan fingerprint density at radius 3 is 2.52 bits per heavy atom. The van der Waals surface area contributed by atoms with Crippen LogP contribution in [0.1, 0.15) is 51.2 Å². The van der Waals surface area contributed by atoms with Crippen LogP contribution < -0.4 is 10.1 Å². The predicted molar refractivity (Wildman–Crippen MR) is 116 cm³/mol. The van der Waals surface area contributed by atoms with Gasteiger partial charge in [-0.25, -0.2) is 0 Å². The largest absolute Gasteiger partial charge is 0.497 e. The molecular weight excluding hydrogens is 350 g/mol. The van der Waals surface area contributed by atoms with Crippen molar-refractivity contribution < 1.29 is 4.74 Å². The van der Waals surface area contributed by atoms with Crippen LogP contribution in [-0.4, -0.2) is 17.9 Å². The van der Waals surface area contributed by atoms with Gasteiger partial charge < -0.3 is 10.1 Å². The Kier molecular flexibility index (Phi) is 4.70. The van der Waals surface area contributed by atoms with Crippen molar-refractivity contribution in [3.8, 4) is 5.75 Å². The van der Waals surface area contributed by atoms with E-state index in [-0.39, 0.29) is 10.2 Å². The van der Waals surface area contributed by atoms with Crippen LogP contribution in [0.2, 0.25) is 0 Å². The molecule has 1 N–H and O–H groups in total.